The number of hydrogen-bond acceptors (Lipinski definition) is 4. The molecule has 1 amide bonds. The molecule has 0 bridgehead atoms. The van der Waals surface area contributed by atoms with Gasteiger partial charge < -0.3 is 25.8 Å². The van der Waals surface area contributed by atoms with Crippen molar-refractivity contribution in [2.45, 2.75) is 13.0 Å². The molecule has 2 aromatic rings. The molecule has 7 nitrogen and oxygen atoms in total. The Morgan fingerprint density at radius 3 is 2.70 bits per heavy atom. The van der Waals surface area contributed by atoms with Crippen molar-refractivity contribution in [2.75, 3.05) is 26.1 Å². The van der Waals surface area contributed by atoms with Crippen LogP contribution in [0.2, 0.25) is 0 Å². The van der Waals surface area contributed by atoms with Crippen molar-refractivity contribution in [2.24, 2.45) is 10.7 Å². The van der Waals surface area contributed by atoms with E-state index in [2.05, 4.69) is 15.6 Å². The van der Waals surface area contributed by atoms with Crippen LogP contribution in [-0.4, -0.2) is 32.6 Å². The number of nitrogens with zero attached hydrogens (tertiary/aromatic N) is 1. The van der Waals surface area contributed by atoms with Crippen LogP contribution in [0, 0.1) is 0 Å². The second-order valence-electron chi connectivity index (χ2n) is 5.89. The van der Waals surface area contributed by atoms with Gasteiger partial charge in [0.1, 0.15) is 0 Å². The summed E-state index contributed by atoms with van der Waals surface area (Å²) in [7, 11) is 3.16. The minimum absolute atomic E-state index is 0. The summed E-state index contributed by atoms with van der Waals surface area (Å²) in [5, 5.41) is 5.87. The summed E-state index contributed by atoms with van der Waals surface area (Å²) >= 11 is 0. The molecular formula is C19H23IN4O3. The number of aliphatic imine (C=N–C) groups is 1. The maximum Gasteiger partial charge on any atom is 0.251 e. The van der Waals surface area contributed by atoms with Crippen molar-refractivity contribution < 1.29 is 14.3 Å². The zero-order valence-corrected chi connectivity index (χ0v) is 17.6. The first-order chi connectivity index (χ1) is 12.6. The average molecular weight is 482 g/mol. The van der Waals surface area contributed by atoms with Crippen LogP contribution in [0.3, 0.4) is 0 Å². The summed E-state index contributed by atoms with van der Waals surface area (Å²) in [6, 6.07) is 11.2. The SMILES string of the molecule is COc1ccc(NC(N)=NCc2ccc3c(c2)C(=O)NCC3)cc1OC.I. The van der Waals surface area contributed by atoms with E-state index in [9.17, 15) is 4.79 Å². The van der Waals surface area contributed by atoms with Crippen molar-refractivity contribution in [3.8, 4) is 11.5 Å². The predicted octanol–water partition coefficient (Wildman–Crippen LogP) is 2.53. The van der Waals surface area contributed by atoms with Crippen LogP contribution in [0.4, 0.5) is 5.69 Å². The van der Waals surface area contributed by atoms with E-state index in [1.165, 1.54) is 0 Å². The number of fused-ring (bicyclic) bond motifs is 1. The van der Waals surface area contributed by atoms with Gasteiger partial charge in [-0.2, -0.15) is 0 Å². The Balaban J connectivity index is 0.00000261. The largest absolute Gasteiger partial charge is 0.493 e. The number of amides is 1. The Morgan fingerprint density at radius 2 is 1.96 bits per heavy atom. The number of benzene rings is 2. The highest BCUT2D eigenvalue weighted by atomic mass is 127. The fraction of sp³-hybridized carbons (Fsp3) is 0.263. The Hall–Kier alpha value is -2.49. The van der Waals surface area contributed by atoms with Crippen LogP contribution < -0.4 is 25.8 Å². The van der Waals surface area contributed by atoms with Gasteiger partial charge in [0.15, 0.2) is 17.5 Å². The van der Waals surface area contributed by atoms with Crippen LogP contribution in [0.25, 0.3) is 0 Å². The fourth-order valence-corrected chi connectivity index (χ4v) is 2.84. The molecule has 4 N–H and O–H groups in total. The second kappa shape index (κ2) is 9.45. The summed E-state index contributed by atoms with van der Waals surface area (Å²) < 4.78 is 10.5. The van der Waals surface area contributed by atoms with Gasteiger partial charge in [-0.15, -0.1) is 24.0 Å². The lowest BCUT2D eigenvalue weighted by Crippen LogP contribution is -2.31. The number of nitrogens with one attached hydrogen (secondary N) is 2. The van der Waals surface area contributed by atoms with Gasteiger partial charge in [-0.3, -0.25) is 4.79 Å². The molecule has 27 heavy (non-hydrogen) atoms. The molecule has 144 valence electrons. The van der Waals surface area contributed by atoms with Gasteiger partial charge in [-0.25, -0.2) is 4.99 Å². The number of ether oxygens (including phenoxy) is 2. The van der Waals surface area contributed by atoms with Crippen LogP contribution in [0.5, 0.6) is 11.5 Å². The third-order valence-corrected chi connectivity index (χ3v) is 4.19. The van der Waals surface area contributed by atoms with Gasteiger partial charge in [0.25, 0.3) is 5.91 Å². The van der Waals surface area contributed by atoms with Crippen LogP contribution in [-0.2, 0) is 13.0 Å². The molecule has 0 radical (unpaired) electrons. The van der Waals surface area contributed by atoms with Gasteiger partial charge in [0, 0.05) is 23.9 Å². The fourth-order valence-electron chi connectivity index (χ4n) is 2.84. The number of halogens is 1. The number of guanidine groups is 1. The molecule has 0 atom stereocenters. The zero-order chi connectivity index (χ0) is 18.5. The average Bonchev–Trinajstić information content (AvgIpc) is 2.66. The van der Waals surface area contributed by atoms with E-state index in [4.69, 9.17) is 15.2 Å². The summed E-state index contributed by atoms with van der Waals surface area (Å²) in [4.78, 5) is 16.3. The second-order valence-corrected chi connectivity index (χ2v) is 5.89. The number of rotatable bonds is 5. The molecule has 2 aromatic carbocycles. The van der Waals surface area contributed by atoms with E-state index < -0.39 is 0 Å². The Kier molecular flexibility index (Phi) is 7.28. The molecule has 0 saturated carbocycles. The first kappa shape index (κ1) is 20.8. The van der Waals surface area contributed by atoms with E-state index in [1.807, 2.05) is 24.3 Å². The van der Waals surface area contributed by atoms with Gasteiger partial charge in [-0.05, 0) is 35.7 Å². The Labute approximate surface area is 175 Å². The highest BCUT2D eigenvalue weighted by Crippen LogP contribution is 2.29. The number of nitrogens with two attached hydrogens (primary N) is 1. The monoisotopic (exact) mass is 482 g/mol. The molecule has 1 aliphatic heterocycles. The van der Waals surface area contributed by atoms with E-state index in [1.54, 1.807) is 26.4 Å². The van der Waals surface area contributed by atoms with Crippen molar-refractivity contribution in [3.05, 3.63) is 53.1 Å². The third-order valence-electron chi connectivity index (χ3n) is 4.19. The minimum Gasteiger partial charge on any atom is -0.493 e. The first-order valence-electron chi connectivity index (χ1n) is 8.29. The van der Waals surface area contributed by atoms with E-state index >= 15 is 0 Å². The van der Waals surface area contributed by atoms with Crippen molar-refractivity contribution in [1.29, 1.82) is 0 Å². The van der Waals surface area contributed by atoms with Gasteiger partial charge in [0.05, 0.1) is 20.8 Å². The molecule has 0 saturated heterocycles. The highest BCUT2D eigenvalue weighted by molar-refractivity contribution is 14.0. The summed E-state index contributed by atoms with van der Waals surface area (Å²) in [6.07, 6.45) is 0.855. The maximum atomic E-state index is 11.9. The summed E-state index contributed by atoms with van der Waals surface area (Å²) in [5.74, 6) is 1.49. The van der Waals surface area contributed by atoms with Crippen LogP contribution in [0.15, 0.2) is 41.4 Å². The standard InChI is InChI=1S/C19H22N4O3.HI/c1-25-16-6-5-14(10-17(16)26-2)23-19(20)22-11-12-3-4-13-7-8-21-18(24)15(13)9-12;/h3-6,9-10H,7-8,11H2,1-2H3,(H,21,24)(H3,20,22,23);1H. The lowest BCUT2D eigenvalue weighted by atomic mass is 9.98. The third kappa shape index (κ3) is 5.03. The molecule has 0 unspecified atom stereocenters. The molecule has 1 aliphatic rings. The topological polar surface area (TPSA) is 98.0 Å². The summed E-state index contributed by atoms with van der Waals surface area (Å²) in [6.45, 7) is 1.07. The highest BCUT2D eigenvalue weighted by Gasteiger charge is 2.16. The number of hydrogen-bond donors (Lipinski definition) is 3. The first-order valence-corrected chi connectivity index (χ1v) is 8.29. The molecule has 0 aromatic heterocycles. The number of anilines is 1. The van der Waals surface area contributed by atoms with E-state index in [0.717, 1.165) is 28.8 Å². The van der Waals surface area contributed by atoms with E-state index in [-0.39, 0.29) is 35.8 Å². The molecule has 3 rings (SSSR count). The van der Waals surface area contributed by atoms with E-state index in [0.29, 0.717) is 24.6 Å². The van der Waals surface area contributed by atoms with Crippen LogP contribution in [0.1, 0.15) is 21.5 Å². The van der Waals surface area contributed by atoms with Crippen LogP contribution >= 0.6 is 24.0 Å². The normalized spacial score (nSPS) is 13.1. The maximum absolute atomic E-state index is 11.9. The van der Waals surface area contributed by atoms with Crippen molar-refractivity contribution >= 4 is 41.5 Å². The molecule has 0 fully saturated rings. The zero-order valence-electron chi connectivity index (χ0n) is 15.2. The quantitative estimate of drug-likeness (QED) is 0.346. The molecule has 1 heterocycles. The van der Waals surface area contributed by atoms with Gasteiger partial charge in [0.2, 0.25) is 0 Å². The molecular weight excluding hydrogens is 459 g/mol. The molecule has 0 aliphatic carbocycles. The minimum atomic E-state index is -0.0338. The lowest BCUT2D eigenvalue weighted by molar-refractivity contribution is 0.0946. The van der Waals surface area contributed by atoms with Crippen molar-refractivity contribution in [1.82, 2.24) is 5.32 Å². The predicted molar refractivity (Wildman–Crippen MR) is 116 cm³/mol. The number of carbonyl (C=O) groups is 1. The summed E-state index contributed by atoms with van der Waals surface area (Å²) in [5.41, 5.74) is 9.43. The number of methoxy groups -OCH3 is 2. The Bertz CT molecular complexity index is 855. The lowest BCUT2D eigenvalue weighted by Gasteiger charge is -2.16. The van der Waals surface area contributed by atoms with Gasteiger partial charge >= 0.3 is 0 Å². The Morgan fingerprint density at radius 1 is 1.19 bits per heavy atom. The molecule has 8 heteroatoms. The van der Waals surface area contributed by atoms with Crippen molar-refractivity contribution in [3.63, 3.8) is 0 Å². The van der Waals surface area contributed by atoms with Gasteiger partial charge in [-0.1, -0.05) is 12.1 Å². The molecule has 0 spiro atoms. The number of carbonyl (C=O) groups excluding carboxylic acids is 1. The smallest absolute Gasteiger partial charge is 0.251 e.